The van der Waals surface area contributed by atoms with E-state index < -0.39 is 67.3 Å². The fraction of sp³-hybridized carbons (Fsp3) is 0.243. The molecule has 0 aromatic heterocycles. The molecular weight excluding hydrogens is 604 g/mol. The summed E-state index contributed by atoms with van der Waals surface area (Å²) in [7, 11) is 0. The molecule has 0 radical (unpaired) electrons. The fourth-order valence-electron chi connectivity index (χ4n) is 4.97. The van der Waals surface area contributed by atoms with Crippen LogP contribution in [0.1, 0.15) is 55.3 Å². The summed E-state index contributed by atoms with van der Waals surface area (Å²) >= 11 is 0. The normalized spacial score (nSPS) is 17.9. The second kappa shape index (κ2) is 15.3. The Morgan fingerprint density at radius 3 is 1.09 bits per heavy atom. The van der Waals surface area contributed by atoms with Crippen molar-refractivity contribution >= 4 is 23.9 Å². The average Bonchev–Trinajstić information content (AvgIpc) is 3.44. The van der Waals surface area contributed by atoms with Gasteiger partial charge in [0.25, 0.3) is 0 Å². The van der Waals surface area contributed by atoms with E-state index in [2.05, 4.69) is 0 Å². The van der Waals surface area contributed by atoms with Crippen molar-refractivity contribution in [2.24, 2.45) is 0 Å². The van der Waals surface area contributed by atoms with Crippen LogP contribution in [0, 0.1) is 0 Å². The number of esters is 4. The molecular formula is C37H34O10. The molecule has 10 nitrogen and oxygen atoms in total. The molecule has 1 saturated heterocycles. The molecule has 10 heteroatoms. The molecule has 0 aliphatic carbocycles. The molecule has 5 rings (SSSR count). The van der Waals surface area contributed by atoms with Crippen LogP contribution in [0.5, 0.6) is 0 Å². The van der Waals surface area contributed by atoms with Gasteiger partial charge in [-0.3, -0.25) is 0 Å². The minimum Gasteiger partial charge on any atom is -0.458 e. The van der Waals surface area contributed by atoms with Gasteiger partial charge in [-0.15, -0.1) is 0 Å². The molecule has 0 saturated carbocycles. The van der Waals surface area contributed by atoms with Gasteiger partial charge in [0.15, 0.2) is 18.0 Å². The summed E-state index contributed by atoms with van der Waals surface area (Å²) < 4.78 is 35.5. The van der Waals surface area contributed by atoms with E-state index in [4.69, 9.17) is 28.4 Å². The molecule has 4 atom stereocenters. The van der Waals surface area contributed by atoms with Gasteiger partial charge < -0.3 is 28.4 Å². The molecule has 0 amide bonds. The molecule has 1 aliphatic rings. The van der Waals surface area contributed by atoms with E-state index in [0.29, 0.717) is 11.1 Å². The minimum absolute atomic E-state index is 0.255. The van der Waals surface area contributed by atoms with Gasteiger partial charge in [-0.1, -0.05) is 72.8 Å². The van der Waals surface area contributed by atoms with E-state index in [1.165, 1.54) is 0 Å². The third-order valence-corrected chi connectivity index (χ3v) is 7.21. The molecule has 47 heavy (non-hydrogen) atoms. The number of carbonyl (C=O) groups is 4. The third-order valence-electron chi connectivity index (χ3n) is 7.21. The smallest absolute Gasteiger partial charge is 0.338 e. The standard InChI is InChI=1S/C37H34O10/c1-37(2)46-31(29(44-35(40)27-19-11-5-12-20-27)23-42-33(38)25-15-7-3-8-16-25)32(47-37)30(45-36(41)28-21-13-6-14-22-28)24-43-34(39)26-17-9-4-10-18-26/h3-22,29-32H,23-24H2,1-2H3/t29-,30-,31-,32-/m1/s1. The molecule has 0 bridgehead atoms. The Bertz CT molecular complexity index is 1520. The lowest BCUT2D eigenvalue weighted by Crippen LogP contribution is -2.49. The zero-order chi connectivity index (χ0) is 33.2. The van der Waals surface area contributed by atoms with Crippen molar-refractivity contribution in [2.45, 2.75) is 44.1 Å². The number of hydrogen-bond donors (Lipinski definition) is 0. The van der Waals surface area contributed by atoms with Crippen LogP contribution >= 0.6 is 0 Å². The monoisotopic (exact) mass is 638 g/mol. The second-order valence-electron chi connectivity index (χ2n) is 11.1. The number of carbonyl (C=O) groups excluding carboxylic acids is 4. The van der Waals surface area contributed by atoms with Gasteiger partial charge in [0, 0.05) is 0 Å². The van der Waals surface area contributed by atoms with Crippen molar-refractivity contribution in [3.05, 3.63) is 144 Å². The van der Waals surface area contributed by atoms with E-state index in [1.54, 1.807) is 135 Å². The Morgan fingerprint density at radius 2 is 0.787 bits per heavy atom. The van der Waals surface area contributed by atoms with E-state index in [0.717, 1.165) is 0 Å². The second-order valence-corrected chi connectivity index (χ2v) is 11.1. The number of hydrogen-bond acceptors (Lipinski definition) is 10. The molecule has 1 fully saturated rings. The zero-order valence-corrected chi connectivity index (χ0v) is 25.9. The maximum absolute atomic E-state index is 13.3. The van der Waals surface area contributed by atoms with Gasteiger partial charge in [0.1, 0.15) is 25.4 Å². The van der Waals surface area contributed by atoms with Crippen molar-refractivity contribution in [1.82, 2.24) is 0 Å². The van der Waals surface area contributed by atoms with E-state index >= 15 is 0 Å². The summed E-state index contributed by atoms with van der Waals surface area (Å²) in [5.41, 5.74) is 1.10. The van der Waals surface area contributed by atoms with Crippen molar-refractivity contribution in [1.29, 1.82) is 0 Å². The van der Waals surface area contributed by atoms with Crippen LogP contribution in [0.15, 0.2) is 121 Å². The minimum atomic E-state index is -1.27. The van der Waals surface area contributed by atoms with Gasteiger partial charge in [-0.2, -0.15) is 0 Å². The molecule has 242 valence electrons. The number of rotatable bonds is 12. The van der Waals surface area contributed by atoms with Crippen LogP contribution in [-0.2, 0) is 28.4 Å². The largest absolute Gasteiger partial charge is 0.458 e. The highest BCUT2D eigenvalue weighted by molar-refractivity contribution is 5.91. The highest BCUT2D eigenvalue weighted by Crippen LogP contribution is 2.35. The van der Waals surface area contributed by atoms with Crippen LogP contribution < -0.4 is 0 Å². The summed E-state index contributed by atoms with van der Waals surface area (Å²) in [5, 5.41) is 0. The Kier molecular flexibility index (Phi) is 10.8. The molecule has 1 aliphatic heterocycles. The van der Waals surface area contributed by atoms with Gasteiger partial charge in [0.05, 0.1) is 22.3 Å². The Hall–Kier alpha value is -5.32. The summed E-state index contributed by atoms with van der Waals surface area (Å²) in [4.78, 5) is 52.4. The van der Waals surface area contributed by atoms with Gasteiger partial charge in [-0.05, 0) is 62.4 Å². The van der Waals surface area contributed by atoms with Gasteiger partial charge in [-0.25, -0.2) is 19.2 Å². The molecule has 0 N–H and O–H groups in total. The van der Waals surface area contributed by atoms with Crippen LogP contribution in [0.2, 0.25) is 0 Å². The van der Waals surface area contributed by atoms with Crippen LogP contribution in [-0.4, -0.2) is 67.3 Å². The quantitative estimate of drug-likeness (QED) is 0.142. The Balaban J connectivity index is 1.44. The van der Waals surface area contributed by atoms with Crippen LogP contribution in [0.3, 0.4) is 0 Å². The molecule has 1 heterocycles. The summed E-state index contributed by atoms with van der Waals surface area (Å²) in [5.74, 6) is -3.97. The van der Waals surface area contributed by atoms with Crippen molar-refractivity contribution in [2.75, 3.05) is 13.2 Å². The Labute approximate surface area is 272 Å². The molecule has 0 unspecified atom stereocenters. The van der Waals surface area contributed by atoms with Crippen molar-refractivity contribution in [3.8, 4) is 0 Å². The maximum atomic E-state index is 13.3. The first-order valence-electron chi connectivity index (χ1n) is 15.0. The lowest BCUT2D eigenvalue weighted by Gasteiger charge is -2.30. The van der Waals surface area contributed by atoms with E-state index in [-0.39, 0.29) is 11.1 Å². The highest BCUT2D eigenvalue weighted by atomic mass is 16.8. The number of ether oxygens (including phenoxy) is 6. The van der Waals surface area contributed by atoms with Crippen LogP contribution in [0.25, 0.3) is 0 Å². The molecule has 0 spiro atoms. The third kappa shape index (κ3) is 8.90. The topological polar surface area (TPSA) is 124 Å². The van der Waals surface area contributed by atoms with Crippen LogP contribution in [0.4, 0.5) is 0 Å². The fourth-order valence-corrected chi connectivity index (χ4v) is 4.97. The van der Waals surface area contributed by atoms with E-state index in [9.17, 15) is 19.2 Å². The summed E-state index contributed by atoms with van der Waals surface area (Å²) in [6, 6.07) is 33.2. The lowest BCUT2D eigenvalue weighted by atomic mass is 10.0. The van der Waals surface area contributed by atoms with Crippen molar-refractivity contribution < 1.29 is 47.6 Å². The lowest BCUT2D eigenvalue weighted by molar-refractivity contribution is -0.164. The Morgan fingerprint density at radius 1 is 0.511 bits per heavy atom. The first-order chi connectivity index (χ1) is 22.7. The van der Waals surface area contributed by atoms with E-state index in [1.807, 2.05) is 0 Å². The highest BCUT2D eigenvalue weighted by Gasteiger charge is 2.52. The summed E-state index contributed by atoms with van der Waals surface area (Å²) in [6.07, 6.45) is -4.73. The molecule has 4 aromatic rings. The van der Waals surface area contributed by atoms with Crippen molar-refractivity contribution in [3.63, 3.8) is 0 Å². The van der Waals surface area contributed by atoms with Gasteiger partial charge in [0.2, 0.25) is 0 Å². The first kappa shape index (κ1) is 33.1. The predicted molar refractivity (Wildman–Crippen MR) is 169 cm³/mol. The first-order valence-corrected chi connectivity index (χ1v) is 15.0. The molecule has 4 aromatic carbocycles. The maximum Gasteiger partial charge on any atom is 0.338 e. The zero-order valence-electron chi connectivity index (χ0n) is 25.9. The predicted octanol–water partition coefficient (Wildman–Crippen LogP) is 5.67. The van der Waals surface area contributed by atoms with Gasteiger partial charge >= 0.3 is 23.9 Å². The average molecular weight is 639 g/mol. The SMILES string of the molecule is CC1(C)O[C@H]([C@@H](COC(=O)c2ccccc2)OC(=O)c2ccccc2)[C@@H]([C@@H](COC(=O)c2ccccc2)OC(=O)c2ccccc2)O1. The number of benzene rings is 4. The summed E-state index contributed by atoms with van der Waals surface area (Å²) in [6.45, 7) is 2.43.